The molecule has 7 nitrogen and oxygen atoms in total. The lowest BCUT2D eigenvalue weighted by molar-refractivity contribution is 0.0337. The number of hydrogen-bond acceptors (Lipinski definition) is 6. The van der Waals surface area contributed by atoms with Crippen molar-refractivity contribution < 1.29 is 9.53 Å². The van der Waals surface area contributed by atoms with Gasteiger partial charge in [0.15, 0.2) is 0 Å². The molecule has 1 aromatic carbocycles. The van der Waals surface area contributed by atoms with Crippen LogP contribution in [0.3, 0.4) is 0 Å². The number of ether oxygens (including phenoxy) is 1. The molecule has 0 atom stereocenters. The number of morpholine rings is 1. The lowest BCUT2D eigenvalue weighted by atomic mass is 10.0. The molecule has 0 spiro atoms. The van der Waals surface area contributed by atoms with Crippen molar-refractivity contribution in [3.8, 4) is 0 Å². The standard InChI is InChI=1S/C25H25N5O2/c1-17-14-18(8-9-26-17)22-15-19-4-2-6-21(24(19)28-22)25(31)29-23-7-3-5-20(27-23)16-30-10-12-32-13-11-30/h2-9,14H,10-13,15-16H2,1H3,(H,27,29,31). The Morgan fingerprint density at radius 3 is 2.81 bits per heavy atom. The molecule has 0 bridgehead atoms. The molecule has 32 heavy (non-hydrogen) atoms. The van der Waals surface area contributed by atoms with Gasteiger partial charge in [-0.2, -0.15) is 0 Å². The van der Waals surface area contributed by atoms with Crippen LogP contribution < -0.4 is 5.32 Å². The number of nitrogens with one attached hydrogen (secondary N) is 1. The number of hydrogen-bond donors (Lipinski definition) is 1. The molecule has 1 N–H and O–H groups in total. The predicted octanol–water partition coefficient (Wildman–Crippen LogP) is 3.55. The van der Waals surface area contributed by atoms with Crippen LogP contribution in [0.5, 0.6) is 0 Å². The Labute approximate surface area is 187 Å². The van der Waals surface area contributed by atoms with Crippen molar-refractivity contribution >= 4 is 23.1 Å². The quantitative estimate of drug-likeness (QED) is 0.674. The van der Waals surface area contributed by atoms with E-state index >= 15 is 0 Å². The minimum absolute atomic E-state index is 0.200. The molecular formula is C25H25N5O2. The third kappa shape index (κ3) is 4.44. The monoisotopic (exact) mass is 427 g/mol. The molecule has 1 amide bonds. The van der Waals surface area contributed by atoms with E-state index in [4.69, 9.17) is 9.73 Å². The van der Waals surface area contributed by atoms with E-state index in [-0.39, 0.29) is 5.91 Å². The zero-order valence-corrected chi connectivity index (χ0v) is 18.0. The number of pyridine rings is 2. The lowest BCUT2D eigenvalue weighted by Gasteiger charge is -2.26. The first-order chi connectivity index (χ1) is 15.7. The van der Waals surface area contributed by atoms with Crippen LogP contribution in [0.15, 0.2) is 59.7 Å². The van der Waals surface area contributed by atoms with Gasteiger partial charge in [-0.3, -0.25) is 19.7 Å². The molecule has 2 aromatic heterocycles. The number of nitrogens with zero attached hydrogens (tertiary/aromatic N) is 4. The summed E-state index contributed by atoms with van der Waals surface area (Å²) >= 11 is 0. The van der Waals surface area contributed by atoms with Crippen molar-refractivity contribution in [1.82, 2.24) is 14.9 Å². The average Bonchev–Trinajstić information content (AvgIpc) is 3.24. The summed E-state index contributed by atoms with van der Waals surface area (Å²) in [5.74, 6) is 0.346. The minimum atomic E-state index is -0.200. The SMILES string of the molecule is Cc1cc(C2=Nc3c(cccc3C(=O)Nc3cccc(CN4CCOCC4)n3)C2)ccn1. The van der Waals surface area contributed by atoms with Gasteiger partial charge in [-0.1, -0.05) is 18.2 Å². The molecule has 0 saturated carbocycles. The molecular weight excluding hydrogens is 402 g/mol. The van der Waals surface area contributed by atoms with Crippen LogP contribution in [-0.2, 0) is 17.7 Å². The van der Waals surface area contributed by atoms with Gasteiger partial charge < -0.3 is 10.1 Å². The Bertz CT molecular complexity index is 1180. The van der Waals surface area contributed by atoms with Gasteiger partial charge in [-0.25, -0.2) is 4.98 Å². The van der Waals surface area contributed by atoms with Gasteiger partial charge >= 0.3 is 0 Å². The molecule has 0 radical (unpaired) electrons. The largest absolute Gasteiger partial charge is 0.379 e. The minimum Gasteiger partial charge on any atom is -0.379 e. The van der Waals surface area contributed by atoms with Gasteiger partial charge in [0, 0.05) is 37.9 Å². The van der Waals surface area contributed by atoms with Crippen LogP contribution in [0.2, 0.25) is 0 Å². The average molecular weight is 428 g/mol. The van der Waals surface area contributed by atoms with Crippen LogP contribution in [0.4, 0.5) is 11.5 Å². The van der Waals surface area contributed by atoms with Crippen molar-refractivity contribution in [3.05, 3.63) is 82.8 Å². The Morgan fingerprint density at radius 2 is 1.97 bits per heavy atom. The molecule has 2 aliphatic rings. The summed E-state index contributed by atoms with van der Waals surface area (Å²) in [6, 6.07) is 15.5. The Balaban J connectivity index is 1.34. The van der Waals surface area contributed by atoms with Crippen LogP contribution in [0.25, 0.3) is 0 Å². The summed E-state index contributed by atoms with van der Waals surface area (Å²) in [6.07, 6.45) is 2.49. The zero-order chi connectivity index (χ0) is 21.9. The summed E-state index contributed by atoms with van der Waals surface area (Å²) in [4.78, 5) is 29.1. The fraction of sp³-hybridized carbons (Fsp3) is 0.280. The molecule has 5 rings (SSSR count). The summed E-state index contributed by atoms with van der Waals surface area (Å²) in [7, 11) is 0. The van der Waals surface area contributed by atoms with Crippen molar-refractivity contribution in [2.45, 2.75) is 19.9 Å². The van der Waals surface area contributed by atoms with Gasteiger partial charge in [-0.05, 0) is 48.4 Å². The van der Waals surface area contributed by atoms with Crippen molar-refractivity contribution in [3.63, 3.8) is 0 Å². The van der Waals surface area contributed by atoms with E-state index in [9.17, 15) is 4.79 Å². The highest BCUT2D eigenvalue weighted by molar-refractivity contribution is 6.13. The third-order valence-corrected chi connectivity index (χ3v) is 5.74. The van der Waals surface area contributed by atoms with Crippen LogP contribution in [-0.4, -0.2) is 52.8 Å². The number of fused-ring (bicyclic) bond motifs is 1. The molecule has 0 aliphatic carbocycles. The number of amides is 1. The number of aliphatic imine (C=N–C) groups is 1. The van der Waals surface area contributed by atoms with Gasteiger partial charge in [0.1, 0.15) is 5.82 Å². The van der Waals surface area contributed by atoms with Gasteiger partial charge in [0.25, 0.3) is 5.91 Å². The second kappa shape index (κ2) is 8.98. The van der Waals surface area contributed by atoms with E-state index in [1.807, 2.05) is 55.5 Å². The number of aryl methyl sites for hydroxylation is 1. The molecule has 3 aromatic rings. The lowest BCUT2D eigenvalue weighted by Crippen LogP contribution is -2.35. The number of anilines is 1. The molecule has 2 aliphatic heterocycles. The number of benzene rings is 1. The summed E-state index contributed by atoms with van der Waals surface area (Å²) in [6.45, 7) is 5.99. The number of carbonyl (C=O) groups excluding carboxylic acids is 1. The van der Waals surface area contributed by atoms with E-state index in [1.165, 1.54) is 0 Å². The van der Waals surface area contributed by atoms with E-state index in [0.29, 0.717) is 17.8 Å². The zero-order valence-electron chi connectivity index (χ0n) is 18.0. The Kier molecular flexibility index (Phi) is 5.75. The third-order valence-electron chi connectivity index (χ3n) is 5.74. The molecule has 4 heterocycles. The summed E-state index contributed by atoms with van der Waals surface area (Å²) < 4.78 is 5.41. The van der Waals surface area contributed by atoms with Crippen molar-refractivity contribution in [1.29, 1.82) is 0 Å². The van der Waals surface area contributed by atoms with Gasteiger partial charge in [-0.15, -0.1) is 0 Å². The van der Waals surface area contributed by atoms with Gasteiger partial charge in [0.2, 0.25) is 0 Å². The fourth-order valence-electron chi connectivity index (χ4n) is 4.11. The Morgan fingerprint density at radius 1 is 1.12 bits per heavy atom. The molecule has 0 unspecified atom stereocenters. The van der Waals surface area contributed by atoms with E-state index in [2.05, 4.69) is 20.2 Å². The molecule has 1 fully saturated rings. The second-order valence-electron chi connectivity index (χ2n) is 8.09. The first kappa shape index (κ1) is 20.5. The maximum atomic E-state index is 13.1. The maximum absolute atomic E-state index is 13.1. The normalized spacial score (nSPS) is 15.8. The predicted molar refractivity (Wildman–Crippen MR) is 124 cm³/mol. The summed E-state index contributed by atoms with van der Waals surface area (Å²) in [5.41, 5.74) is 6.21. The highest BCUT2D eigenvalue weighted by atomic mass is 16.5. The fourth-order valence-corrected chi connectivity index (χ4v) is 4.11. The van der Waals surface area contributed by atoms with Gasteiger partial charge in [0.05, 0.1) is 35.9 Å². The van der Waals surface area contributed by atoms with Crippen LogP contribution in [0.1, 0.15) is 32.9 Å². The number of aromatic nitrogens is 2. The topological polar surface area (TPSA) is 79.7 Å². The second-order valence-corrected chi connectivity index (χ2v) is 8.09. The van der Waals surface area contributed by atoms with E-state index < -0.39 is 0 Å². The van der Waals surface area contributed by atoms with E-state index in [0.717, 1.165) is 66.8 Å². The molecule has 1 saturated heterocycles. The highest BCUT2D eigenvalue weighted by Crippen LogP contribution is 2.33. The number of para-hydroxylation sites is 1. The Hall–Kier alpha value is -3.42. The van der Waals surface area contributed by atoms with Crippen LogP contribution >= 0.6 is 0 Å². The maximum Gasteiger partial charge on any atom is 0.259 e. The van der Waals surface area contributed by atoms with Crippen molar-refractivity contribution in [2.24, 2.45) is 4.99 Å². The smallest absolute Gasteiger partial charge is 0.259 e. The highest BCUT2D eigenvalue weighted by Gasteiger charge is 2.22. The van der Waals surface area contributed by atoms with Crippen LogP contribution in [0, 0.1) is 6.92 Å². The van der Waals surface area contributed by atoms with E-state index in [1.54, 1.807) is 6.20 Å². The molecule has 162 valence electrons. The summed E-state index contributed by atoms with van der Waals surface area (Å²) in [5, 5.41) is 2.96. The first-order valence-corrected chi connectivity index (χ1v) is 10.9. The van der Waals surface area contributed by atoms with Crippen molar-refractivity contribution in [2.75, 3.05) is 31.6 Å². The first-order valence-electron chi connectivity index (χ1n) is 10.9. The molecule has 7 heteroatoms. The number of rotatable bonds is 5. The number of carbonyl (C=O) groups is 1.